The Labute approximate surface area is 127 Å². The smallest absolute Gasteiger partial charge is 0.252 e. The van der Waals surface area contributed by atoms with Gasteiger partial charge in [0.2, 0.25) is 5.95 Å². The summed E-state index contributed by atoms with van der Waals surface area (Å²) < 4.78 is 10.4. The molecule has 7 heteroatoms. The van der Waals surface area contributed by atoms with Crippen molar-refractivity contribution in [1.29, 1.82) is 0 Å². The van der Waals surface area contributed by atoms with Gasteiger partial charge in [0.25, 0.3) is 5.56 Å². The second kappa shape index (κ2) is 6.49. The van der Waals surface area contributed by atoms with Crippen LogP contribution in [-0.4, -0.2) is 24.2 Å². The third kappa shape index (κ3) is 3.46. The summed E-state index contributed by atoms with van der Waals surface area (Å²) in [7, 11) is 3.05. The Morgan fingerprint density at radius 1 is 1.24 bits per heavy atom. The molecule has 0 atom stereocenters. The number of aromatic nitrogens is 2. The van der Waals surface area contributed by atoms with Crippen molar-refractivity contribution in [2.24, 2.45) is 0 Å². The Balaban J connectivity index is 2.43. The predicted molar refractivity (Wildman–Crippen MR) is 82.1 cm³/mol. The van der Waals surface area contributed by atoms with Crippen LogP contribution in [0, 0.1) is 0 Å². The summed E-state index contributed by atoms with van der Waals surface area (Å²) in [4.78, 5) is 18.5. The minimum absolute atomic E-state index is 0.218. The van der Waals surface area contributed by atoms with E-state index in [9.17, 15) is 4.79 Å². The van der Waals surface area contributed by atoms with Gasteiger partial charge in [-0.2, -0.15) is 0 Å². The lowest BCUT2D eigenvalue weighted by molar-refractivity contribution is 0.405. The molecule has 0 fully saturated rings. The van der Waals surface area contributed by atoms with Gasteiger partial charge < -0.3 is 14.8 Å². The van der Waals surface area contributed by atoms with Crippen LogP contribution < -0.4 is 20.3 Å². The van der Waals surface area contributed by atoms with Gasteiger partial charge >= 0.3 is 0 Å². The fourth-order valence-electron chi connectivity index (χ4n) is 1.83. The molecule has 0 aliphatic carbocycles. The van der Waals surface area contributed by atoms with Crippen molar-refractivity contribution in [3.63, 3.8) is 0 Å². The summed E-state index contributed by atoms with van der Waals surface area (Å²) in [5, 5.41) is 3.44. The molecule has 0 radical (unpaired) electrons. The van der Waals surface area contributed by atoms with Crippen LogP contribution in [0.1, 0.15) is 12.6 Å². The van der Waals surface area contributed by atoms with E-state index in [-0.39, 0.29) is 5.56 Å². The second-order valence-electron chi connectivity index (χ2n) is 4.25. The quantitative estimate of drug-likeness (QED) is 0.888. The van der Waals surface area contributed by atoms with E-state index in [4.69, 9.17) is 21.1 Å². The number of H-pyrrole nitrogens is 1. The van der Waals surface area contributed by atoms with E-state index >= 15 is 0 Å². The normalized spacial score (nSPS) is 10.3. The van der Waals surface area contributed by atoms with E-state index in [0.29, 0.717) is 40.3 Å². The largest absolute Gasteiger partial charge is 0.495 e. The third-order valence-corrected chi connectivity index (χ3v) is 3.18. The monoisotopic (exact) mass is 309 g/mol. The standard InChI is InChI=1S/C14H16ClN3O3/c1-4-8-5-13(19)18-14(16-8)17-10-7-11(20-2)9(15)6-12(10)21-3/h5-7H,4H2,1-3H3,(H2,16,17,18,19). The lowest BCUT2D eigenvalue weighted by Crippen LogP contribution is -2.12. The zero-order valence-corrected chi connectivity index (χ0v) is 12.7. The van der Waals surface area contributed by atoms with E-state index < -0.39 is 0 Å². The first-order valence-electron chi connectivity index (χ1n) is 6.36. The van der Waals surface area contributed by atoms with Crippen molar-refractivity contribution in [3.8, 4) is 11.5 Å². The average Bonchev–Trinajstić information content (AvgIpc) is 2.47. The molecule has 2 aromatic rings. The van der Waals surface area contributed by atoms with Crippen molar-refractivity contribution in [3.05, 3.63) is 39.3 Å². The molecule has 0 bridgehead atoms. The zero-order chi connectivity index (χ0) is 15.4. The molecule has 6 nitrogen and oxygen atoms in total. The lowest BCUT2D eigenvalue weighted by atomic mass is 10.2. The minimum atomic E-state index is -0.218. The molecule has 1 aromatic carbocycles. The number of halogens is 1. The van der Waals surface area contributed by atoms with Crippen molar-refractivity contribution < 1.29 is 9.47 Å². The first-order chi connectivity index (χ1) is 10.1. The maximum Gasteiger partial charge on any atom is 0.252 e. The molecule has 21 heavy (non-hydrogen) atoms. The van der Waals surface area contributed by atoms with Gasteiger partial charge in [-0.3, -0.25) is 9.78 Å². The second-order valence-corrected chi connectivity index (χ2v) is 4.66. The number of hydrogen-bond acceptors (Lipinski definition) is 5. The van der Waals surface area contributed by atoms with Gasteiger partial charge in [0.05, 0.1) is 24.9 Å². The summed E-state index contributed by atoms with van der Waals surface area (Å²) in [6, 6.07) is 4.77. The van der Waals surface area contributed by atoms with E-state index in [1.54, 1.807) is 12.1 Å². The molecule has 0 aliphatic rings. The highest BCUT2D eigenvalue weighted by Crippen LogP contribution is 2.36. The van der Waals surface area contributed by atoms with E-state index in [2.05, 4.69) is 15.3 Å². The zero-order valence-electron chi connectivity index (χ0n) is 12.0. The van der Waals surface area contributed by atoms with Crippen LogP contribution in [0.5, 0.6) is 11.5 Å². The molecule has 0 amide bonds. The number of aryl methyl sites for hydroxylation is 1. The first-order valence-corrected chi connectivity index (χ1v) is 6.74. The summed E-state index contributed by atoms with van der Waals surface area (Å²) in [5.74, 6) is 1.35. The van der Waals surface area contributed by atoms with Crippen LogP contribution in [0.4, 0.5) is 11.6 Å². The number of methoxy groups -OCH3 is 2. The Kier molecular flexibility index (Phi) is 4.70. The van der Waals surface area contributed by atoms with Gasteiger partial charge in [-0.15, -0.1) is 0 Å². The summed E-state index contributed by atoms with van der Waals surface area (Å²) >= 11 is 6.05. The molecule has 2 rings (SSSR count). The minimum Gasteiger partial charge on any atom is -0.495 e. The lowest BCUT2D eigenvalue weighted by Gasteiger charge is -2.13. The SMILES string of the molecule is CCc1cc(=O)[nH]c(Nc2cc(OC)c(Cl)cc2OC)n1. The van der Waals surface area contributed by atoms with Gasteiger partial charge in [-0.05, 0) is 6.42 Å². The first kappa shape index (κ1) is 15.2. The number of aromatic amines is 1. The van der Waals surface area contributed by atoms with E-state index in [0.717, 1.165) is 0 Å². The van der Waals surface area contributed by atoms with Crippen molar-refractivity contribution in [2.75, 3.05) is 19.5 Å². The van der Waals surface area contributed by atoms with Gasteiger partial charge in [0, 0.05) is 23.9 Å². The Morgan fingerprint density at radius 3 is 2.57 bits per heavy atom. The molecular formula is C14H16ClN3O3. The fraction of sp³-hybridized carbons (Fsp3) is 0.286. The van der Waals surface area contributed by atoms with Gasteiger partial charge in [0.1, 0.15) is 11.5 Å². The highest BCUT2D eigenvalue weighted by molar-refractivity contribution is 6.32. The van der Waals surface area contributed by atoms with Crippen LogP contribution in [0.3, 0.4) is 0 Å². The van der Waals surface area contributed by atoms with Crippen molar-refractivity contribution in [1.82, 2.24) is 9.97 Å². The van der Waals surface area contributed by atoms with Gasteiger partial charge in [0.15, 0.2) is 0 Å². The maximum absolute atomic E-state index is 11.6. The van der Waals surface area contributed by atoms with E-state index in [1.807, 2.05) is 6.92 Å². The van der Waals surface area contributed by atoms with E-state index in [1.165, 1.54) is 20.3 Å². The molecule has 1 aromatic heterocycles. The Hall–Kier alpha value is -2.21. The number of nitrogens with one attached hydrogen (secondary N) is 2. The fourth-order valence-corrected chi connectivity index (χ4v) is 2.06. The molecule has 1 heterocycles. The van der Waals surface area contributed by atoms with Crippen LogP contribution in [0.15, 0.2) is 23.0 Å². The number of rotatable bonds is 5. The number of hydrogen-bond donors (Lipinski definition) is 2. The predicted octanol–water partition coefficient (Wildman–Crippen LogP) is 2.75. The third-order valence-electron chi connectivity index (χ3n) is 2.88. The molecule has 0 aliphatic heterocycles. The molecule has 112 valence electrons. The molecule has 0 unspecified atom stereocenters. The average molecular weight is 310 g/mol. The summed E-state index contributed by atoms with van der Waals surface area (Å²) in [5.41, 5.74) is 1.07. The molecule has 2 N–H and O–H groups in total. The number of ether oxygens (including phenoxy) is 2. The Morgan fingerprint density at radius 2 is 1.95 bits per heavy atom. The van der Waals surface area contributed by atoms with Gasteiger partial charge in [-0.25, -0.2) is 4.98 Å². The molecular weight excluding hydrogens is 294 g/mol. The molecule has 0 saturated heterocycles. The van der Waals surface area contributed by atoms with Crippen molar-refractivity contribution in [2.45, 2.75) is 13.3 Å². The summed E-state index contributed by atoms with van der Waals surface area (Å²) in [6.07, 6.45) is 0.666. The van der Waals surface area contributed by atoms with Crippen LogP contribution in [0.2, 0.25) is 5.02 Å². The van der Waals surface area contributed by atoms with Crippen LogP contribution in [-0.2, 0) is 6.42 Å². The number of nitrogens with zero attached hydrogens (tertiary/aromatic N) is 1. The van der Waals surface area contributed by atoms with Crippen molar-refractivity contribution >= 4 is 23.2 Å². The Bertz CT molecular complexity index is 700. The van der Waals surface area contributed by atoms with Crippen LogP contribution >= 0.6 is 11.6 Å². The highest BCUT2D eigenvalue weighted by atomic mass is 35.5. The highest BCUT2D eigenvalue weighted by Gasteiger charge is 2.11. The van der Waals surface area contributed by atoms with Crippen LogP contribution in [0.25, 0.3) is 0 Å². The summed E-state index contributed by atoms with van der Waals surface area (Å²) in [6.45, 7) is 1.93. The topological polar surface area (TPSA) is 76.2 Å². The molecule has 0 saturated carbocycles. The maximum atomic E-state index is 11.6. The molecule has 0 spiro atoms. The number of benzene rings is 1. The number of anilines is 2. The van der Waals surface area contributed by atoms with Gasteiger partial charge in [-0.1, -0.05) is 18.5 Å².